The topological polar surface area (TPSA) is 54.2 Å². The average Bonchev–Trinajstić information content (AvgIpc) is 2.78. The van der Waals surface area contributed by atoms with Crippen molar-refractivity contribution < 1.29 is 5.11 Å². The second-order valence-corrected chi connectivity index (χ2v) is 5.01. The van der Waals surface area contributed by atoms with Gasteiger partial charge in [-0.25, -0.2) is 4.68 Å². The van der Waals surface area contributed by atoms with Crippen LogP contribution in [-0.4, -0.2) is 45.2 Å². The molecule has 0 spiro atoms. The van der Waals surface area contributed by atoms with Gasteiger partial charge in [0.1, 0.15) is 0 Å². The molecule has 2 aromatic rings. The quantitative estimate of drug-likeness (QED) is 0.908. The Hall–Kier alpha value is -1.24. The zero-order valence-electron chi connectivity index (χ0n) is 10.1. The number of nitrogens with zero attached hydrogens (tertiary/aromatic N) is 4. The molecule has 1 aromatic heterocycles. The lowest BCUT2D eigenvalue weighted by Gasteiger charge is -2.11. The number of benzene rings is 1. The van der Waals surface area contributed by atoms with Gasteiger partial charge in [-0.3, -0.25) is 4.90 Å². The van der Waals surface area contributed by atoms with Gasteiger partial charge in [0.25, 0.3) is 0 Å². The highest BCUT2D eigenvalue weighted by Crippen LogP contribution is 2.13. The molecule has 6 heteroatoms. The third-order valence-electron chi connectivity index (χ3n) is 2.55. The molecule has 0 unspecified atom stereocenters. The third kappa shape index (κ3) is 3.38. The predicted molar refractivity (Wildman–Crippen MR) is 72.5 cm³/mol. The van der Waals surface area contributed by atoms with Crippen LogP contribution in [0, 0.1) is 0 Å². The van der Waals surface area contributed by atoms with E-state index in [1.165, 1.54) is 0 Å². The molecule has 0 saturated carbocycles. The molecule has 0 aliphatic carbocycles. The molecule has 0 bridgehead atoms. The maximum Gasteiger partial charge on any atom is 0.0971 e. The summed E-state index contributed by atoms with van der Waals surface area (Å²) < 4.78 is 2.78. The SMILES string of the molecule is CN(CCO)Cc1cn(-c2ccc(Br)cc2)nn1. The highest BCUT2D eigenvalue weighted by atomic mass is 79.9. The fraction of sp³-hybridized carbons (Fsp3) is 0.333. The molecule has 2 rings (SSSR count). The highest BCUT2D eigenvalue weighted by Gasteiger charge is 2.05. The number of likely N-dealkylation sites (N-methyl/N-ethyl adjacent to an activating group) is 1. The number of hydrogen-bond donors (Lipinski definition) is 1. The summed E-state index contributed by atoms with van der Waals surface area (Å²) in [7, 11) is 1.94. The largest absolute Gasteiger partial charge is 0.395 e. The van der Waals surface area contributed by atoms with E-state index in [1.807, 2.05) is 42.4 Å². The number of aliphatic hydroxyl groups is 1. The molecule has 0 amide bonds. The molecule has 0 atom stereocenters. The van der Waals surface area contributed by atoms with Crippen LogP contribution in [0.2, 0.25) is 0 Å². The summed E-state index contributed by atoms with van der Waals surface area (Å²) in [6, 6.07) is 7.88. The van der Waals surface area contributed by atoms with E-state index < -0.39 is 0 Å². The van der Waals surface area contributed by atoms with E-state index >= 15 is 0 Å². The summed E-state index contributed by atoms with van der Waals surface area (Å²) in [4.78, 5) is 2.00. The van der Waals surface area contributed by atoms with Crippen molar-refractivity contribution in [3.8, 4) is 5.69 Å². The summed E-state index contributed by atoms with van der Waals surface area (Å²) >= 11 is 3.40. The van der Waals surface area contributed by atoms with Gasteiger partial charge < -0.3 is 5.11 Å². The van der Waals surface area contributed by atoms with Gasteiger partial charge >= 0.3 is 0 Å². The summed E-state index contributed by atoms with van der Waals surface area (Å²) in [5.41, 5.74) is 1.86. The second kappa shape index (κ2) is 6.08. The highest BCUT2D eigenvalue weighted by molar-refractivity contribution is 9.10. The second-order valence-electron chi connectivity index (χ2n) is 4.09. The molecule has 0 fully saturated rings. The van der Waals surface area contributed by atoms with E-state index in [0.717, 1.165) is 15.9 Å². The van der Waals surface area contributed by atoms with E-state index in [1.54, 1.807) is 4.68 Å². The van der Waals surface area contributed by atoms with Crippen LogP contribution in [0.5, 0.6) is 0 Å². The van der Waals surface area contributed by atoms with Crippen molar-refractivity contribution in [3.63, 3.8) is 0 Å². The number of hydrogen-bond acceptors (Lipinski definition) is 4. The van der Waals surface area contributed by atoms with Crippen LogP contribution in [0.3, 0.4) is 0 Å². The molecule has 96 valence electrons. The maximum atomic E-state index is 8.84. The molecule has 1 aromatic carbocycles. The summed E-state index contributed by atoms with van der Waals surface area (Å²) in [6.07, 6.45) is 1.90. The number of aliphatic hydroxyl groups excluding tert-OH is 1. The van der Waals surface area contributed by atoms with Gasteiger partial charge in [0, 0.05) is 17.6 Å². The average molecular weight is 311 g/mol. The summed E-state index contributed by atoms with van der Waals surface area (Å²) in [6.45, 7) is 1.46. The first-order valence-corrected chi connectivity index (χ1v) is 6.45. The van der Waals surface area contributed by atoms with Crippen molar-refractivity contribution in [1.29, 1.82) is 0 Å². The van der Waals surface area contributed by atoms with Crippen LogP contribution in [0.15, 0.2) is 34.9 Å². The van der Waals surface area contributed by atoms with E-state index in [9.17, 15) is 0 Å². The minimum atomic E-state index is 0.150. The zero-order valence-corrected chi connectivity index (χ0v) is 11.7. The van der Waals surface area contributed by atoms with Crippen LogP contribution < -0.4 is 0 Å². The number of aromatic nitrogens is 3. The van der Waals surface area contributed by atoms with Crippen LogP contribution in [-0.2, 0) is 6.54 Å². The van der Waals surface area contributed by atoms with Crippen molar-refractivity contribution in [2.24, 2.45) is 0 Å². The lowest BCUT2D eigenvalue weighted by molar-refractivity contribution is 0.216. The van der Waals surface area contributed by atoms with Crippen molar-refractivity contribution in [1.82, 2.24) is 19.9 Å². The Morgan fingerprint density at radius 2 is 2.06 bits per heavy atom. The first-order chi connectivity index (χ1) is 8.69. The lowest BCUT2D eigenvalue weighted by atomic mass is 10.3. The molecule has 18 heavy (non-hydrogen) atoms. The van der Waals surface area contributed by atoms with E-state index in [2.05, 4.69) is 26.2 Å². The Morgan fingerprint density at radius 1 is 1.33 bits per heavy atom. The molecule has 0 saturated heterocycles. The Labute approximate surface area is 114 Å². The number of rotatable bonds is 5. The summed E-state index contributed by atoms with van der Waals surface area (Å²) in [5.74, 6) is 0. The summed E-state index contributed by atoms with van der Waals surface area (Å²) in [5, 5.41) is 17.0. The van der Waals surface area contributed by atoms with E-state index in [-0.39, 0.29) is 6.61 Å². The Bertz CT molecular complexity index is 497. The smallest absolute Gasteiger partial charge is 0.0971 e. The van der Waals surface area contributed by atoms with Crippen LogP contribution in [0.25, 0.3) is 5.69 Å². The van der Waals surface area contributed by atoms with Gasteiger partial charge in [-0.05, 0) is 31.3 Å². The van der Waals surface area contributed by atoms with E-state index in [4.69, 9.17) is 5.11 Å². The fourth-order valence-electron chi connectivity index (χ4n) is 1.62. The molecule has 0 radical (unpaired) electrons. The Balaban J connectivity index is 2.08. The van der Waals surface area contributed by atoms with Crippen LogP contribution in [0.1, 0.15) is 5.69 Å². The van der Waals surface area contributed by atoms with Crippen molar-refractivity contribution >= 4 is 15.9 Å². The monoisotopic (exact) mass is 310 g/mol. The fourth-order valence-corrected chi connectivity index (χ4v) is 1.88. The first kappa shape index (κ1) is 13.2. The minimum absolute atomic E-state index is 0.150. The molecular weight excluding hydrogens is 296 g/mol. The molecule has 0 aliphatic heterocycles. The molecule has 1 N–H and O–H groups in total. The molecule has 1 heterocycles. The van der Waals surface area contributed by atoms with Gasteiger partial charge in [0.2, 0.25) is 0 Å². The van der Waals surface area contributed by atoms with Crippen molar-refractivity contribution in [2.45, 2.75) is 6.54 Å². The minimum Gasteiger partial charge on any atom is -0.395 e. The normalized spacial score (nSPS) is 11.1. The zero-order chi connectivity index (χ0) is 13.0. The van der Waals surface area contributed by atoms with Crippen molar-refractivity contribution in [2.75, 3.05) is 20.2 Å². The lowest BCUT2D eigenvalue weighted by Crippen LogP contribution is -2.21. The van der Waals surface area contributed by atoms with Crippen LogP contribution >= 0.6 is 15.9 Å². The molecular formula is C12H15BrN4O. The Kier molecular flexibility index (Phi) is 4.46. The first-order valence-electron chi connectivity index (χ1n) is 5.65. The number of halogens is 1. The van der Waals surface area contributed by atoms with E-state index in [0.29, 0.717) is 13.1 Å². The predicted octanol–water partition coefficient (Wildman–Crippen LogP) is 1.45. The third-order valence-corrected chi connectivity index (χ3v) is 3.07. The van der Waals surface area contributed by atoms with Crippen molar-refractivity contribution in [3.05, 3.63) is 40.6 Å². The van der Waals surface area contributed by atoms with Crippen LogP contribution in [0.4, 0.5) is 0 Å². The van der Waals surface area contributed by atoms with Gasteiger partial charge in [-0.1, -0.05) is 21.1 Å². The Morgan fingerprint density at radius 3 is 2.72 bits per heavy atom. The van der Waals surface area contributed by atoms with Gasteiger partial charge in [-0.15, -0.1) is 5.10 Å². The molecule has 5 nitrogen and oxygen atoms in total. The van der Waals surface area contributed by atoms with Gasteiger partial charge in [-0.2, -0.15) is 0 Å². The maximum absolute atomic E-state index is 8.84. The van der Waals surface area contributed by atoms with Gasteiger partial charge in [0.05, 0.1) is 24.2 Å². The standard InChI is InChI=1S/C12H15BrN4O/c1-16(6-7-18)8-11-9-17(15-14-11)12-4-2-10(13)3-5-12/h2-5,9,18H,6-8H2,1H3. The molecule has 0 aliphatic rings. The van der Waals surface area contributed by atoms with Gasteiger partial charge in [0.15, 0.2) is 0 Å².